The predicted octanol–water partition coefficient (Wildman–Crippen LogP) is 3.56. The first-order valence-corrected chi connectivity index (χ1v) is 14.2. The van der Waals surface area contributed by atoms with Crippen LogP contribution in [0.2, 0.25) is 0 Å². The maximum atomic E-state index is 13.2. The van der Waals surface area contributed by atoms with Crippen molar-refractivity contribution < 1.29 is 22.4 Å². The molecular formula is C27H31FN2O4S. The van der Waals surface area contributed by atoms with Gasteiger partial charge >= 0.3 is 0 Å². The standard InChI is InChI=1S/C27H31FN2O4S/c1-35(33,34)22-9-3-19(4-10-22)17-25(31)30-14-2-11-27(30)12-15-29(16-13-27)26(32)24-18-23(24)20-5-7-21(28)8-6-20/h3-10,23-24H,2,11-18H2,1H3. The van der Waals surface area contributed by atoms with E-state index in [4.69, 9.17) is 0 Å². The molecule has 2 atom stereocenters. The largest absolute Gasteiger partial charge is 0.342 e. The molecule has 2 heterocycles. The Bertz CT molecular complexity index is 1220. The summed E-state index contributed by atoms with van der Waals surface area (Å²) in [4.78, 5) is 30.5. The Morgan fingerprint density at radius 3 is 2.26 bits per heavy atom. The van der Waals surface area contributed by atoms with Crippen LogP contribution in [0.15, 0.2) is 53.4 Å². The van der Waals surface area contributed by atoms with Crippen molar-refractivity contribution in [1.29, 1.82) is 0 Å². The number of likely N-dealkylation sites (tertiary alicyclic amines) is 2. The summed E-state index contributed by atoms with van der Waals surface area (Å²) in [5.41, 5.74) is 1.63. The summed E-state index contributed by atoms with van der Waals surface area (Å²) in [6.45, 7) is 2.03. The second kappa shape index (κ2) is 9.04. The molecule has 6 nitrogen and oxygen atoms in total. The van der Waals surface area contributed by atoms with Gasteiger partial charge in [-0.05, 0) is 73.4 Å². The van der Waals surface area contributed by atoms with Crippen molar-refractivity contribution in [3.05, 3.63) is 65.5 Å². The van der Waals surface area contributed by atoms with Gasteiger partial charge in [0.1, 0.15) is 5.82 Å². The monoisotopic (exact) mass is 498 g/mol. The highest BCUT2D eigenvalue weighted by Crippen LogP contribution is 2.49. The second-order valence-electron chi connectivity index (χ2n) is 10.3. The number of amides is 2. The van der Waals surface area contributed by atoms with Crippen LogP contribution < -0.4 is 0 Å². The second-order valence-corrected chi connectivity index (χ2v) is 12.3. The zero-order chi connectivity index (χ0) is 24.8. The molecule has 8 heteroatoms. The quantitative estimate of drug-likeness (QED) is 0.632. The van der Waals surface area contributed by atoms with Crippen molar-refractivity contribution >= 4 is 21.7 Å². The third kappa shape index (κ3) is 4.85. The highest BCUT2D eigenvalue weighted by atomic mass is 32.2. The van der Waals surface area contributed by atoms with Gasteiger partial charge in [0.15, 0.2) is 9.84 Å². The van der Waals surface area contributed by atoms with Gasteiger partial charge in [0.05, 0.1) is 11.3 Å². The first-order chi connectivity index (χ1) is 16.7. The molecule has 2 unspecified atom stereocenters. The van der Waals surface area contributed by atoms with Crippen molar-refractivity contribution in [2.24, 2.45) is 5.92 Å². The van der Waals surface area contributed by atoms with Gasteiger partial charge in [0.2, 0.25) is 11.8 Å². The van der Waals surface area contributed by atoms with Crippen LogP contribution in [-0.4, -0.2) is 61.5 Å². The van der Waals surface area contributed by atoms with Crippen molar-refractivity contribution in [3.8, 4) is 0 Å². The minimum Gasteiger partial charge on any atom is -0.342 e. The predicted molar refractivity (Wildman–Crippen MR) is 130 cm³/mol. The number of carbonyl (C=O) groups excluding carboxylic acids is 2. The summed E-state index contributed by atoms with van der Waals surface area (Å²) < 4.78 is 36.6. The van der Waals surface area contributed by atoms with Crippen LogP contribution in [0.3, 0.4) is 0 Å². The highest BCUT2D eigenvalue weighted by molar-refractivity contribution is 7.90. The summed E-state index contributed by atoms with van der Waals surface area (Å²) in [6.07, 6.45) is 5.71. The van der Waals surface area contributed by atoms with Gasteiger partial charge in [0, 0.05) is 37.3 Å². The van der Waals surface area contributed by atoms with E-state index in [9.17, 15) is 22.4 Å². The molecule has 0 bridgehead atoms. The lowest BCUT2D eigenvalue weighted by molar-refractivity contribution is -0.139. The van der Waals surface area contributed by atoms with Crippen molar-refractivity contribution in [2.45, 2.75) is 54.9 Å². The fourth-order valence-electron chi connectivity index (χ4n) is 5.90. The molecule has 2 aliphatic heterocycles. The maximum absolute atomic E-state index is 13.2. The summed E-state index contributed by atoms with van der Waals surface area (Å²) in [7, 11) is -3.26. The van der Waals surface area contributed by atoms with E-state index in [2.05, 4.69) is 0 Å². The molecule has 0 aromatic heterocycles. The number of carbonyl (C=O) groups is 2. The Labute approximate surface area is 206 Å². The van der Waals surface area contributed by atoms with Crippen LogP contribution in [0.25, 0.3) is 0 Å². The Kier molecular flexibility index (Phi) is 6.20. The third-order valence-electron chi connectivity index (χ3n) is 8.02. The molecule has 0 radical (unpaired) electrons. The molecule has 2 amide bonds. The Balaban J connectivity index is 1.18. The van der Waals surface area contributed by atoms with Crippen LogP contribution in [-0.2, 0) is 25.8 Å². The smallest absolute Gasteiger partial charge is 0.227 e. The molecule has 1 saturated carbocycles. The van der Waals surface area contributed by atoms with Gasteiger partial charge in [-0.1, -0.05) is 24.3 Å². The fourth-order valence-corrected chi connectivity index (χ4v) is 6.53. The molecule has 1 spiro atoms. The SMILES string of the molecule is CS(=O)(=O)c1ccc(CC(=O)N2CCCC23CCN(C(=O)C2CC2c2ccc(F)cc2)CC3)cc1. The van der Waals surface area contributed by atoms with Crippen LogP contribution in [0.5, 0.6) is 0 Å². The lowest BCUT2D eigenvalue weighted by atomic mass is 9.84. The van der Waals surface area contributed by atoms with E-state index in [1.54, 1.807) is 36.4 Å². The van der Waals surface area contributed by atoms with Gasteiger partial charge in [-0.15, -0.1) is 0 Å². The minimum atomic E-state index is -3.26. The Morgan fingerprint density at radius 1 is 0.971 bits per heavy atom. The molecule has 5 rings (SSSR count). The lowest BCUT2D eigenvalue weighted by Gasteiger charge is -2.45. The molecule has 0 N–H and O–H groups in total. The highest BCUT2D eigenvalue weighted by Gasteiger charge is 2.49. The number of hydrogen-bond donors (Lipinski definition) is 0. The van der Waals surface area contributed by atoms with E-state index in [1.807, 2.05) is 9.80 Å². The molecule has 2 saturated heterocycles. The summed E-state index contributed by atoms with van der Waals surface area (Å²) in [5.74, 6) is 0.132. The van der Waals surface area contributed by atoms with E-state index in [1.165, 1.54) is 18.4 Å². The zero-order valence-corrected chi connectivity index (χ0v) is 20.8. The number of rotatable bonds is 5. The third-order valence-corrected chi connectivity index (χ3v) is 9.14. The van der Waals surface area contributed by atoms with Crippen LogP contribution in [0.1, 0.15) is 49.1 Å². The average Bonchev–Trinajstić information content (AvgIpc) is 3.53. The van der Waals surface area contributed by atoms with Gasteiger partial charge in [-0.25, -0.2) is 12.8 Å². The normalized spacial score (nSPS) is 23.5. The van der Waals surface area contributed by atoms with E-state index in [0.29, 0.717) is 13.1 Å². The lowest BCUT2D eigenvalue weighted by Crippen LogP contribution is -2.55. The molecule has 186 valence electrons. The van der Waals surface area contributed by atoms with Crippen LogP contribution in [0, 0.1) is 11.7 Å². The van der Waals surface area contributed by atoms with Crippen LogP contribution in [0.4, 0.5) is 4.39 Å². The van der Waals surface area contributed by atoms with Gasteiger partial charge < -0.3 is 9.80 Å². The number of hydrogen-bond acceptors (Lipinski definition) is 4. The maximum Gasteiger partial charge on any atom is 0.227 e. The van der Waals surface area contributed by atoms with E-state index >= 15 is 0 Å². The Morgan fingerprint density at radius 2 is 1.63 bits per heavy atom. The summed E-state index contributed by atoms with van der Waals surface area (Å²) >= 11 is 0. The molecule has 1 aliphatic carbocycles. The molecule has 2 aromatic rings. The van der Waals surface area contributed by atoms with Gasteiger partial charge in [-0.2, -0.15) is 0 Å². The number of piperidine rings is 1. The molecular weight excluding hydrogens is 467 g/mol. The van der Waals surface area contributed by atoms with Crippen molar-refractivity contribution in [1.82, 2.24) is 9.80 Å². The summed E-state index contributed by atoms with van der Waals surface area (Å²) in [5, 5.41) is 0. The first kappa shape index (κ1) is 24.0. The number of sulfone groups is 1. The van der Waals surface area contributed by atoms with Crippen molar-refractivity contribution in [2.75, 3.05) is 25.9 Å². The summed E-state index contributed by atoms with van der Waals surface area (Å²) in [6, 6.07) is 13.0. The molecule has 35 heavy (non-hydrogen) atoms. The van der Waals surface area contributed by atoms with Crippen molar-refractivity contribution in [3.63, 3.8) is 0 Å². The molecule has 3 fully saturated rings. The first-order valence-electron chi connectivity index (χ1n) is 12.3. The van der Waals surface area contributed by atoms with Crippen LogP contribution >= 0.6 is 0 Å². The fraction of sp³-hybridized carbons (Fsp3) is 0.481. The van der Waals surface area contributed by atoms with Gasteiger partial charge in [-0.3, -0.25) is 9.59 Å². The number of nitrogens with zero attached hydrogens (tertiary/aromatic N) is 2. The zero-order valence-electron chi connectivity index (χ0n) is 20.0. The Hall–Kier alpha value is -2.74. The minimum absolute atomic E-state index is 0.0225. The molecule has 3 aliphatic rings. The number of benzene rings is 2. The topological polar surface area (TPSA) is 74.8 Å². The van der Waals surface area contributed by atoms with E-state index in [-0.39, 0.29) is 46.3 Å². The number of halogens is 1. The molecule has 2 aromatic carbocycles. The van der Waals surface area contributed by atoms with E-state index in [0.717, 1.165) is 49.8 Å². The average molecular weight is 499 g/mol. The van der Waals surface area contributed by atoms with Gasteiger partial charge in [0.25, 0.3) is 0 Å². The van der Waals surface area contributed by atoms with E-state index < -0.39 is 9.84 Å².